The van der Waals surface area contributed by atoms with Crippen LogP contribution in [0.5, 0.6) is 0 Å². The third-order valence-electron chi connectivity index (χ3n) is 5.49. The van der Waals surface area contributed by atoms with Gasteiger partial charge in [-0.15, -0.1) is 0 Å². The lowest BCUT2D eigenvalue weighted by atomic mass is 10.0. The molecular weight excluding hydrogens is 346 g/mol. The first-order valence-corrected chi connectivity index (χ1v) is 11.7. The van der Waals surface area contributed by atoms with Gasteiger partial charge in [0.1, 0.15) is 0 Å². The summed E-state index contributed by atoms with van der Waals surface area (Å²) in [5.74, 6) is -0.738. The Morgan fingerprint density at radius 2 is 1.36 bits per heavy atom. The quantitative estimate of drug-likeness (QED) is 0.254. The first-order chi connectivity index (χ1) is 13.6. The van der Waals surface area contributed by atoms with Gasteiger partial charge in [0.2, 0.25) is 0 Å². The van der Waals surface area contributed by atoms with Crippen LogP contribution in [0.15, 0.2) is 24.3 Å². The van der Waals surface area contributed by atoms with Crippen molar-refractivity contribution < 1.29 is 9.90 Å². The van der Waals surface area contributed by atoms with Crippen LogP contribution in [-0.4, -0.2) is 17.1 Å². The van der Waals surface area contributed by atoms with Gasteiger partial charge >= 0.3 is 5.97 Å². The van der Waals surface area contributed by atoms with Crippen molar-refractivity contribution in [1.29, 1.82) is 0 Å². The van der Waals surface area contributed by atoms with E-state index in [4.69, 9.17) is 5.11 Å². The lowest BCUT2D eigenvalue weighted by Crippen LogP contribution is -2.14. The number of carboxylic acid groups (broad SMARTS) is 1. The molecule has 0 aliphatic heterocycles. The molecule has 0 aliphatic carbocycles. The molecule has 0 radical (unpaired) electrons. The number of aryl methyl sites for hydroxylation is 1. The lowest BCUT2D eigenvalue weighted by Gasteiger charge is -2.15. The van der Waals surface area contributed by atoms with Crippen LogP contribution in [0.4, 0.5) is 5.69 Å². The molecule has 1 aromatic carbocycles. The maximum Gasteiger partial charge on any atom is 0.303 e. The van der Waals surface area contributed by atoms with Crippen LogP contribution in [0.25, 0.3) is 0 Å². The highest BCUT2D eigenvalue weighted by atomic mass is 16.4. The molecular formula is C25H43NO2. The Hall–Kier alpha value is -1.51. The number of rotatable bonds is 18. The van der Waals surface area contributed by atoms with Gasteiger partial charge in [0, 0.05) is 18.2 Å². The van der Waals surface area contributed by atoms with E-state index in [0.717, 1.165) is 11.3 Å². The highest BCUT2D eigenvalue weighted by Gasteiger charge is 2.03. The Balaban J connectivity index is 1.97. The number of hydrogen-bond acceptors (Lipinski definition) is 2. The number of nitrogens with one attached hydrogen (secondary N) is 1. The lowest BCUT2D eigenvalue weighted by molar-refractivity contribution is -0.136. The van der Waals surface area contributed by atoms with Crippen LogP contribution < -0.4 is 5.32 Å². The van der Waals surface area contributed by atoms with Crippen LogP contribution >= 0.6 is 0 Å². The molecule has 0 spiro atoms. The standard InChI is InChI=1S/C25H43NO2/c1-3-4-5-6-7-8-9-10-11-12-13-14-15-22(2)26-24-19-16-23(17-20-24)18-21-25(27)28/h16-17,19-20,22,26H,3-15,18,21H2,1-2H3,(H,27,28). The van der Waals surface area contributed by atoms with Crippen molar-refractivity contribution in [3.8, 4) is 0 Å². The van der Waals surface area contributed by atoms with Gasteiger partial charge in [-0.3, -0.25) is 4.79 Å². The van der Waals surface area contributed by atoms with E-state index in [9.17, 15) is 4.79 Å². The fraction of sp³-hybridized carbons (Fsp3) is 0.720. The van der Waals surface area contributed by atoms with Crippen LogP contribution in [0.2, 0.25) is 0 Å². The van der Waals surface area contributed by atoms with Gasteiger partial charge in [-0.05, 0) is 37.5 Å². The summed E-state index contributed by atoms with van der Waals surface area (Å²) in [6.45, 7) is 4.53. The van der Waals surface area contributed by atoms with Crippen LogP contribution in [0.1, 0.15) is 109 Å². The third-order valence-corrected chi connectivity index (χ3v) is 5.49. The predicted octanol–water partition coefficient (Wildman–Crippen LogP) is 7.60. The second-order valence-electron chi connectivity index (χ2n) is 8.31. The van der Waals surface area contributed by atoms with E-state index in [1.165, 1.54) is 83.5 Å². The molecule has 160 valence electrons. The zero-order valence-electron chi connectivity index (χ0n) is 18.3. The second kappa shape index (κ2) is 16.4. The SMILES string of the molecule is CCCCCCCCCCCCCCC(C)Nc1ccc(CCC(=O)O)cc1. The zero-order valence-corrected chi connectivity index (χ0v) is 18.3. The normalized spacial score (nSPS) is 12.1. The van der Waals surface area contributed by atoms with E-state index in [-0.39, 0.29) is 6.42 Å². The Morgan fingerprint density at radius 1 is 0.857 bits per heavy atom. The average Bonchev–Trinajstić information content (AvgIpc) is 2.68. The van der Waals surface area contributed by atoms with Crippen LogP contribution in [0, 0.1) is 0 Å². The first-order valence-electron chi connectivity index (χ1n) is 11.7. The van der Waals surface area contributed by atoms with Crippen molar-refractivity contribution in [3.05, 3.63) is 29.8 Å². The van der Waals surface area contributed by atoms with Gasteiger partial charge in [-0.25, -0.2) is 0 Å². The number of anilines is 1. The van der Waals surface area contributed by atoms with Gasteiger partial charge < -0.3 is 10.4 Å². The Labute approximate surface area is 173 Å². The Morgan fingerprint density at radius 3 is 1.86 bits per heavy atom. The molecule has 0 saturated heterocycles. The van der Waals surface area contributed by atoms with E-state index in [1.54, 1.807) is 0 Å². The number of carboxylic acids is 1. The summed E-state index contributed by atoms with van der Waals surface area (Å²) in [5, 5.41) is 12.3. The first kappa shape index (κ1) is 24.5. The topological polar surface area (TPSA) is 49.3 Å². The molecule has 0 aromatic heterocycles. The molecule has 0 heterocycles. The molecule has 3 heteroatoms. The molecule has 1 aromatic rings. The highest BCUT2D eigenvalue weighted by Crippen LogP contribution is 2.16. The highest BCUT2D eigenvalue weighted by molar-refractivity contribution is 5.67. The molecule has 2 N–H and O–H groups in total. The Kier molecular flexibility index (Phi) is 14.4. The molecule has 1 unspecified atom stereocenters. The van der Waals surface area contributed by atoms with Crippen molar-refractivity contribution >= 4 is 11.7 Å². The van der Waals surface area contributed by atoms with Gasteiger partial charge in [-0.1, -0.05) is 96.1 Å². The van der Waals surface area contributed by atoms with E-state index in [1.807, 2.05) is 12.1 Å². The molecule has 1 atom stereocenters. The van der Waals surface area contributed by atoms with Crippen molar-refractivity contribution in [2.24, 2.45) is 0 Å². The smallest absolute Gasteiger partial charge is 0.303 e. The summed E-state index contributed by atoms with van der Waals surface area (Å²) in [6, 6.07) is 8.67. The summed E-state index contributed by atoms with van der Waals surface area (Å²) in [6.07, 6.45) is 18.7. The van der Waals surface area contributed by atoms with Crippen molar-refractivity contribution in [1.82, 2.24) is 0 Å². The summed E-state index contributed by atoms with van der Waals surface area (Å²) in [7, 11) is 0. The molecule has 0 fully saturated rings. The molecule has 28 heavy (non-hydrogen) atoms. The number of unbranched alkanes of at least 4 members (excludes halogenated alkanes) is 11. The van der Waals surface area contributed by atoms with Crippen LogP contribution in [-0.2, 0) is 11.2 Å². The number of aliphatic carboxylic acids is 1. The fourth-order valence-corrected chi connectivity index (χ4v) is 3.67. The summed E-state index contributed by atoms with van der Waals surface area (Å²) in [5.41, 5.74) is 2.21. The molecule has 1 rings (SSSR count). The van der Waals surface area contributed by atoms with E-state index in [0.29, 0.717) is 12.5 Å². The largest absolute Gasteiger partial charge is 0.481 e. The van der Waals surface area contributed by atoms with Gasteiger partial charge in [0.05, 0.1) is 0 Å². The van der Waals surface area contributed by atoms with E-state index in [2.05, 4.69) is 31.3 Å². The van der Waals surface area contributed by atoms with E-state index < -0.39 is 5.97 Å². The monoisotopic (exact) mass is 389 g/mol. The molecule has 0 saturated carbocycles. The van der Waals surface area contributed by atoms with E-state index >= 15 is 0 Å². The number of hydrogen-bond donors (Lipinski definition) is 2. The fourth-order valence-electron chi connectivity index (χ4n) is 3.67. The average molecular weight is 390 g/mol. The minimum atomic E-state index is -0.738. The summed E-state index contributed by atoms with van der Waals surface area (Å²) >= 11 is 0. The minimum absolute atomic E-state index is 0.197. The van der Waals surface area contributed by atoms with Gasteiger partial charge in [0.25, 0.3) is 0 Å². The molecule has 3 nitrogen and oxygen atoms in total. The van der Waals surface area contributed by atoms with Crippen LogP contribution in [0.3, 0.4) is 0 Å². The zero-order chi connectivity index (χ0) is 20.5. The predicted molar refractivity (Wildman–Crippen MR) is 121 cm³/mol. The van der Waals surface area contributed by atoms with Crippen molar-refractivity contribution in [2.75, 3.05) is 5.32 Å². The summed E-state index contributed by atoms with van der Waals surface area (Å²) < 4.78 is 0. The van der Waals surface area contributed by atoms with Crippen molar-refractivity contribution in [2.45, 2.75) is 116 Å². The minimum Gasteiger partial charge on any atom is -0.481 e. The maximum atomic E-state index is 10.6. The van der Waals surface area contributed by atoms with Crippen molar-refractivity contribution in [3.63, 3.8) is 0 Å². The van der Waals surface area contributed by atoms with Gasteiger partial charge in [0.15, 0.2) is 0 Å². The molecule has 0 aliphatic rings. The Bertz CT molecular complexity index is 498. The summed E-state index contributed by atoms with van der Waals surface area (Å²) in [4.78, 5) is 10.6. The molecule has 0 amide bonds. The number of benzene rings is 1. The third kappa shape index (κ3) is 13.6. The second-order valence-corrected chi connectivity index (χ2v) is 8.31. The number of carbonyl (C=O) groups is 1. The van der Waals surface area contributed by atoms with Gasteiger partial charge in [-0.2, -0.15) is 0 Å². The molecule has 0 bridgehead atoms. The maximum absolute atomic E-state index is 10.6.